The minimum absolute atomic E-state index is 0.150. The van der Waals surface area contributed by atoms with Crippen molar-refractivity contribution in [2.45, 2.75) is 12.8 Å². The fourth-order valence-electron chi connectivity index (χ4n) is 1.52. The van der Waals surface area contributed by atoms with Crippen molar-refractivity contribution >= 4 is 13.3 Å². The maximum atomic E-state index is 11.6. The molecule has 1 atom stereocenters. The first-order valence-corrected chi connectivity index (χ1v) is 7.48. The minimum Gasteiger partial charge on any atom is -0.469 e. The fourth-order valence-corrected chi connectivity index (χ4v) is 2.86. The molecule has 0 bridgehead atoms. The van der Waals surface area contributed by atoms with Gasteiger partial charge in [-0.05, 0) is 18.4 Å². The average Bonchev–Trinajstić information content (AvgIpc) is 2.29. The Hall–Kier alpha value is -1.12. The molecule has 0 fully saturated rings. The molecular weight excluding hydrogens is 239 g/mol. The van der Waals surface area contributed by atoms with E-state index in [0.29, 0.717) is 6.42 Å². The van der Waals surface area contributed by atoms with Gasteiger partial charge in [-0.2, -0.15) is 0 Å². The lowest BCUT2D eigenvalue weighted by Gasteiger charge is -2.09. The van der Waals surface area contributed by atoms with Crippen molar-refractivity contribution in [3.05, 3.63) is 35.9 Å². The molecule has 0 spiro atoms. The van der Waals surface area contributed by atoms with Crippen LogP contribution in [0.4, 0.5) is 0 Å². The third-order valence-electron chi connectivity index (χ3n) is 2.42. The molecule has 17 heavy (non-hydrogen) atoms. The Morgan fingerprint density at radius 1 is 1.35 bits per heavy atom. The highest BCUT2D eigenvalue weighted by atomic mass is 31.2. The topological polar surface area (TPSA) is 63.6 Å². The second-order valence-electron chi connectivity index (χ2n) is 3.89. The molecule has 1 aromatic carbocycles. The van der Waals surface area contributed by atoms with E-state index in [-0.39, 0.29) is 6.16 Å². The van der Waals surface area contributed by atoms with E-state index in [4.69, 9.17) is 0 Å². The Labute approximate surface area is 101 Å². The smallest absolute Gasteiger partial charge is 0.315 e. The van der Waals surface area contributed by atoms with Crippen molar-refractivity contribution in [3.8, 4) is 0 Å². The number of rotatable bonds is 6. The maximum Gasteiger partial charge on any atom is 0.315 e. The van der Waals surface area contributed by atoms with Crippen LogP contribution in [-0.4, -0.2) is 30.3 Å². The first kappa shape index (κ1) is 13.9. The van der Waals surface area contributed by atoms with Crippen LogP contribution in [0.1, 0.15) is 12.0 Å². The van der Waals surface area contributed by atoms with Gasteiger partial charge in [-0.1, -0.05) is 30.3 Å². The highest BCUT2D eigenvalue weighted by Gasteiger charge is 2.22. The van der Waals surface area contributed by atoms with E-state index >= 15 is 0 Å². The van der Waals surface area contributed by atoms with E-state index < -0.39 is 19.5 Å². The second kappa shape index (κ2) is 6.58. The van der Waals surface area contributed by atoms with Gasteiger partial charge in [0, 0.05) is 6.16 Å². The van der Waals surface area contributed by atoms with Crippen LogP contribution in [0.25, 0.3) is 0 Å². The third kappa shape index (κ3) is 5.66. The quantitative estimate of drug-likeness (QED) is 0.625. The van der Waals surface area contributed by atoms with Crippen LogP contribution < -0.4 is 0 Å². The molecule has 0 aliphatic rings. The number of esters is 1. The third-order valence-corrected chi connectivity index (χ3v) is 4.19. The summed E-state index contributed by atoms with van der Waals surface area (Å²) in [4.78, 5) is 20.5. The molecule has 1 N–H and O–H groups in total. The highest BCUT2D eigenvalue weighted by Crippen LogP contribution is 2.41. The average molecular weight is 256 g/mol. The van der Waals surface area contributed by atoms with Crippen LogP contribution in [0.15, 0.2) is 30.3 Å². The minimum atomic E-state index is -3.38. The molecule has 0 saturated carbocycles. The first-order valence-electron chi connectivity index (χ1n) is 5.45. The van der Waals surface area contributed by atoms with Crippen LogP contribution >= 0.6 is 7.37 Å². The summed E-state index contributed by atoms with van der Waals surface area (Å²) < 4.78 is 16.0. The van der Waals surface area contributed by atoms with Crippen molar-refractivity contribution in [3.63, 3.8) is 0 Å². The van der Waals surface area contributed by atoms with Crippen molar-refractivity contribution in [1.82, 2.24) is 0 Å². The van der Waals surface area contributed by atoms with E-state index in [0.717, 1.165) is 12.0 Å². The summed E-state index contributed by atoms with van der Waals surface area (Å²) in [6, 6.07) is 9.74. The van der Waals surface area contributed by atoms with Gasteiger partial charge in [0.1, 0.15) is 6.16 Å². The molecule has 1 unspecified atom stereocenters. The standard InChI is InChI=1S/C12H17O4P/c1-16-12(13)10-17(14,15)9-5-8-11-6-3-2-4-7-11/h2-4,6-7H,5,8-10H2,1H3,(H,14,15). The number of hydrogen-bond donors (Lipinski definition) is 1. The molecule has 0 saturated heterocycles. The van der Waals surface area contributed by atoms with E-state index in [1.54, 1.807) is 0 Å². The number of benzene rings is 1. The summed E-state index contributed by atoms with van der Waals surface area (Å²) in [7, 11) is -2.16. The molecule has 0 aliphatic heterocycles. The van der Waals surface area contributed by atoms with E-state index in [9.17, 15) is 14.3 Å². The number of methoxy groups -OCH3 is 1. The summed E-state index contributed by atoms with van der Waals surface area (Å²) in [5.74, 6) is -0.629. The molecule has 0 aliphatic carbocycles. The zero-order valence-electron chi connectivity index (χ0n) is 9.83. The highest BCUT2D eigenvalue weighted by molar-refractivity contribution is 7.58. The van der Waals surface area contributed by atoms with Gasteiger partial charge in [-0.15, -0.1) is 0 Å². The Morgan fingerprint density at radius 2 is 2.00 bits per heavy atom. The molecule has 4 nitrogen and oxygen atoms in total. The number of carbonyl (C=O) groups is 1. The summed E-state index contributed by atoms with van der Waals surface area (Å²) >= 11 is 0. The number of ether oxygens (including phenoxy) is 1. The Bertz CT molecular complexity index is 402. The van der Waals surface area contributed by atoms with Gasteiger partial charge < -0.3 is 9.63 Å². The summed E-state index contributed by atoms with van der Waals surface area (Å²) in [5, 5.41) is 0. The fraction of sp³-hybridized carbons (Fsp3) is 0.417. The van der Waals surface area contributed by atoms with Gasteiger partial charge in [0.25, 0.3) is 0 Å². The molecule has 0 aromatic heterocycles. The van der Waals surface area contributed by atoms with Gasteiger partial charge in [-0.3, -0.25) is 9.36 Å². The van der Waals surface area contributed by atoms with E-state index in [2.05, 4.69) is 4.74 Å². The molecule has 1 rings (SSSR count). The Kier molecular flexibility index (Phi) is 5.39. The van der Waals surface area contributed by atoms with Crippen LogP contribution in [0.5, 0.6) is 0 Å². The van der Waals surface area contributed by atoms with Crippen molar-refractivity contribution in [1.29, 1.82) is 0 Å². The SMILES string of the molecule is COC(=O)CP(=O)(O)CCCc1ccccc1. The molecule has 1 aromatic rings. The molecule has 94 valence electrons. The lowest BCUT2D eigenvalue weighted by atomic mass is 10.1. The van der Waals surface area contributed by atoms with Gasteiger partial charge in [0.05, 0.1) is 7.11 Å². The van der Waals surface area contributed by atoms with Crippen LogP contribution in [0.2, 0.25) is 0 Å². The molecule has 0 amide bonds. The number of aryl methyl sites for hydroxylation is 1. The van der Waals surface area contributed by atoms with Gasteiger partial charge in [-0.25, -0.2) is 0 Å². The van der Waals surface area contributed by atoms with Gasteiger partial charge in [0.15, 0.2) is 0 Å². The summed E-state index contributed by atoms with van der Waals surface area (Å²) in [5.41, 5.74) is 1.13. The number of carbonyl (C=O) groups excluding carboxylic acids is 1. The molecular formula is C12H17O4P. The predicted octanol–water partition coefficient (Wildman–Crippen LogP) is 2.06. The van der Waals surface area contributed by atoms with E-state index in [1.807, 2.05) is 30.3 Å². The maximum absolute atomic E-state index is 11.6. The zero-order chi connectivity index (χ0) is 12.7. The summed E-state index contributed by atoms with van der Waals surface area (Å²) in [6.45, 7) is 0. The second-order valence-corrected chi connectivity index (χ2v) is 6.35. The van der Waals surface area contributed by atoms with Crippen molar-refractivity contribution < 1.29 is 19.0 Å². The Morgan fingerprint density at radius 3 is 2.59 bits per heavy atom. The summed E-state index contributed by atoms with van der Waals surface area (Å²) in [6.07, 6.45) is 1.09. The molecule has 0 radical (unpaired) electrons. The first-order chi connectivity index (χ1) is 8.03. The normalized spacial score (nSPS) is 14.0. The Balaban J connectivity index is 2.35. The van der Waals surface area contributed by atoms with Crippen LogP contribution in [0, 0.1) is 0 Å². The molecule has 5 heteroatoms. The lowest BCUT2D eigenvalue weighted by Crippen LogP contribution is -2.09. The van der Waals surface area contributed by atoms with Crippen molar-refractivity contribution in [2.75, 3.05) is 19.4 Å². The molecule has 0 heterocycles. The largest absolute Gasteiger partial charge is 0.469 e. The monoisotopic (exact) mass is 256 g/mol. The van der Waals surface area contributed by atoms with Crippen LogP contribution in [-0.2, 0) is 20.5 Å². The van der Waals surface area contributed by atoms with Crippen molar-refractivity contribution in [2.24, 2.45) is 0 Å². The van der Waals surface area contributed by atoms with Gasteiger partial charge in [0.2, 0.25) is 7.37 Å². The predicted molar refractivity (Wildman–Crippen MR) is 66.3 cm³/mol. The number of hydrogen-bond acceptors (Lipinski definition) is 3. The van der Waals surface area contributed by atoms with E-state index in [1.165, 1.54) is 7.11 Å². The van der Waals surface area contributed by atoms with Crippen LogP contribution in [0.3, 0.4) is 0 Å². The lowest BCUT2D eigenvalue weighted by molar-refractivity contribution is -0.137. The van der Waals surface area contributed by atoms with Gasteiger partial charge >= 0.3 is 5.97 Å². The zero-order valence-corrected chi connectivity index (χ0v) is 10.7.